The van der Waals surface area contributed by atoms with Crippen LogP contribution in [0.1, 0.15) is 12.7 Å². The van der Waals surface area contributed by atoms with Gasteiger partial charge in [0.2, 0.25) is 5.91 Å². The lowest BCUT2D eigenvalue weighted by Gasteiger charge is -2.06. The Hall–Kier alpha value is -2.75. The summed E-state index contributed by atoms with van der Waals surface area (Å²) >= 11 is 0. The van der Waals surface area contributed by atoms with E-state index in [0.717, 1.165) is 28.1 Å². The molecule has 1 amide bonds. The van der Waals surface area contributed by atoms with Gasteiger partial charge in [0.25, 0.3) is 0 Å². The standard InChI is InChI=1S/C17H16N2O2/c1-12(20)19-15-8-6-14(7-9-15)18-11-16-10-13-4-2-3-5-17(13)21-16/h2-10,18H,11H2,1H3,(H,19,20). The third-order valence-electron chi connectivity index (χ3n) is 3.15. The summed E-state index contributed by atoms with van der Waals surface area (Å²) in [5.74, 6) is 0.820. The largest absolute Gasteiger partial charge is 0.459 e. The first kappa shape index (κ1) is 13.2. The number of amides is 1. The molecule has 2 aromatic carbocycles. The Morgan fingerprint density at radius 1 is 1.05 bits per heavy atom. The van der Waals surface area contributed by atoms with E-state index in [0.29, 0.717) is 6.54 Å². The molecular weight excluding hydrogens is 264 g/mol. The van der Waals surface area contributed by atoms with Gasteiger partial charge in [-0.2, -0.15) is 0 Å². The van der Waals surface area contributed by atoms with Crippen molar-refractivity contribution in [3.63, 3.8) is 0 Å². The molecule has 0 fully saturated rings. The van der Waals surface area contributed by atoms with Crippen LogP contribution in [-0.2, 0) is 11.3 Å². The SMILES string of the molecule is CC(=O)Nc1ccc(NCc2cc3ccccc3o2)cc1. The van der Waals surface area contributed by atoms with Crippen molar-refractivity contribution in [3.05, 3.63) is 60.4 Å². The minimum Gasteiger partial charge on any atom is -0.459 e. The van der Waals surface area contributed by atoms with Crippen LogP contribution in [0.3, 0.4) is 0 Å². The number of hydrogen-bond acceptors (Lipinski definition) is 3. The average molecular weight is 280 g/mol. The molecule has 1 aromatic heterocycles. The molecular formula is C17H16N2O2. The molecule has 106 valence electrons. The van der Waals surface area contributed by atoms with Crippen molar-refractivity contribution >= 4 is 28.3 Å². The molecule has 21 heavy (non-hydrogen) atoms. The second-order valence-corrected chi connectivity index (χ2v) is 4.86. The maximum Gasteiger partial charge on any atom is 0.221 e. The molecule has 0 aliphatic carbocycles. The van der Waals surface area contributed by atoms with E-state index in [4.69, 9.17) is 4.42 Å². The molecule has 0 aliphatic heterocycles. The molecule has 3 rings (SSSR count). The first-order valence-corrected chi connectivity index (χ1v) is 6.80. The number of benzene rings is 2. The topological polar surface area (TPSA) is 54.3 Å². The Kier molecular flexibility index (Phi) is 3.60. The molecule has 0 aliphatic rings. The molecule has 0 saturated heterocycles. The van der Waals surface area contributed by atoms with Crippen LogP contribution >= 0.6 is 0 Å². The van der Waals surface area contributed by atoms with Gasteiger partial charge in [-0.25, -0.2) is 0 Å². The Bertz CT molecular complexity index is 727. The van der Waals surface area contributed by atoms with Gasteiger partial charge in [-0.05, 0) is 36.4 Å². The molecule has 1 heterocycles. The lowest BCUT2D eigenvalue weighted by molar-refractivity contribution is -0.114. The quantitative estimate of drug-likeness (QED) is 0.759. The molecule has 3 aromatic rings. The van der Waals surface area contributed by atoms with Crippen molar-refractivity contribution < 1.29 is 9.21 Å². The van der Waals surface area contributed by atoms with Crippen molar-refractivity contribution in [3.8, 4) is 0 Å². The van der Waals surface area contributed by atoms with Crippen LogP contribution in [0.4, 0.5) is 11.4 Å². The van der Waals surface area contributed by atoms with Crippen molar-refractivity contribution in [2.24, 2.45) is 0 Å². The Morgan fingerprint density at radius 2 is 1.76 bits per heavy atom. The van der Waals surface area contributed by atoms with E-state index >= 15 is 0 Å². The fourth-order valence-electron chi connectivity index (χ4n) is 2.19. The number of anilines is 2. The van der Waals surface area contributed by atoms with Crippen molar-refractivity contribution in [1.29, 1.82) is 0 Å². The van der Waals surface area contributed by atoms with Gasteiger partial charge in [-0.3, -0.25) is 4.79 Å². The van der Waals surface area contributed by atoms with Gasteiger partial charge in [-0.15, -0.1) is 0 Å². The van der Waals surface area contributed by atoms with E-state index in [-0.39, 0.29) is 5.91 Å². The third-order valence-corrected chi connectivity index (χ3v) is 3.15. The van der Waals surface area contributed by atoms with Crippen LogP contribution in [0.5, 0.6) is 0 Å². The number of fused-ring (bicyclic) bond motifs is 1. The van der Waals surface area contributed by atoms with Crippen LogP contribution in [0.2, 0.25) is 0 Å². The van der Waals surface area contributed by atoms with E-state index in [9.17, 15) is 4.79 Å². The normalized spacial score (nSPS) is 10.5. The number of nitrogens with one attached hydrogen (secondary N) is 2. The molecule has 0 spiro atoms. The Balaban J connectivity index is 1.65. The Morgan fingerprint density at radius 3 is 2.48 bits per heavy atom. The second-order valence-electron chi connectivity index (χ2n) is 4.86. The second kappa shape index (κ2) is 5.71. The van der Waals surface area contributed by atoms with Crippen LogP contribution in [-0.4, -0.2) is 5.91 Å². The summed E-state index contributed by atoms with van der Waals surface area (Å²) < 4.78 is 5.75. The summed E-state index contributed by atoms with van der Waals surface area (Å²) in [7, 11) is 0. The van der Waals surface area contributed by atoms with Crippen molar-refractivity contribution in [1.82, 2.24) is 0 Å². The smallest absolute Gasteiger partial charge is 0.221 e. The summed E-state index contributed by atoms with van der Waals surface area (Å²) in [4.78, 5) is 11.0. The minimum atomic E-state index is -0.0713. The highest BCUT2D eigenvalue weighted by Gasteiger charge is 2.03. The fourth-order valence-corrected chi connectivity index (χ4v) is 2.19. The highest BCUT2D eigenvalue weighted by molar-refractivity contribution is 5.88. The van der Waals surface area contributed by atoms with Gasteiger partial charge < -0.3 is 15.1 Å². The van der Waals surface area contributed by atoms with Gasteiger partial charge in [0.05, 0.1) is 6.54 Å². The molecule has 2 N–H and O–H groups in total. The number of para-hydroxylation sites is 1. The summed E-state index contributed by atoms with van der Waals surface area (Å²) in [5, 5.41) is 7.14. The molecule has 0 atom stereocenters. The zero-order valence-electron chi connectivity index (χ0n) is 11.7. The monoisotopic (exact) mass is 280 g/mol. The summed E-state index contributed by atoms with van der Waals surface area (Å²) in [6.07, 6.45) is 0. The van der Waals surface area contributed by atoms with Crippen LogP contribution in [0, 0.1) is 0 Å². The zero-order chi connectivity index (χ0) is 14.7. The van der Waals surface area contributed by atoms with Gasteiger partial charge in [0.1, 0.15) is 11.3 Å². The lowest BCUT2D eigenvalue weighted by atomic mass is 10.2. The number of furan rings is 1. The maximum absolute atomic E-state index is 11.0. The zero-order valence-corrected chi connectivity index (χ0v) is 11.7. The van der Waals surface area contributed by atoms with E-state index in [1.165, 1.54) is 6.92 Å². The average Bonchev–Trinajstić information content (AvgIpc) is 2.89. The molecule has 4 nitrogen and oxygen atoms in total. The van der Waals surface area contributed by atoms with E-state index in [1.54, 1.807) is 0 Å². The molecule has 0 bridgehead atoms. The van der Waals surface area contributed by atoms with Gasteiger partial charge >= 0.3 is 0 Å². The third kappa shape index (κ3) is 3.23. The maximum atomic E-state index is 11.0. The number of carbonyl (C=O) groups excluding carboxylic acids is 1. The summed E-state index contributed by atoms with van der Waals surface area (Å²) in [6, 6.07) is 17.6. The van der Waals surface area contributed by atoms with Gasteiger partial charge in [-0.1, -0.05) is 18.2 Å². The number of rotatable bonds is 4. The first-order valence-electron chi connectivity index (χ1n) is 6.80. The first-order chi connectivity index (χ1) is 10.2. The highest BCUT2D eigenvalue weighted by atomic mass is 16.3. The molecule has 4 heteroatoms. The minimum absolute atomic E-state index is 0.0713. The Labute approximate surface area is 122 Å². The number of hydrogen-bond donors (Lipinski definition) is 2. The van der Waals surface area contributed by atoms with E-state index < -0.39 is 0 Å². The van der Waals surface area contributed by atoms with Crippen LogP contribution in [0.15, 0.2) is 59.0 Å². The van der Waals surface area contributed by atoms with Crippen LogP contribution in [0.25, 0.3) is 11.0 Å². The van der Waals surface area contributed by atoms with E-state index in [1.807, 2.05) is 54.6 Å². The van der Waals surface area contributed by atoms with E-state index in [2.05, 4.69) is 10.6 Å². The molecule has 0 radical (unpaired) electrons. The lowest BCUT2D eigenvalue weighted by Crippen LogP contribution is -2.05. The predicted octanol–water partition coefficient (Wildman–Crippen LogP) is 4.00. The molecule has 0 unspecified atom stereocenters. The number of carbonyl (C=O) groups is 1. The molecule has 0 saturated carbocycles. The predicted molar refractivity (Wildman–Crippen MR) is 84.3 cm³/mol. The van der Waals surface area contributed by atoms with Gasteiger partial charge in [0, 0.05) is 23.7 Å². The van der Waals surface area contributed by atoms with Crippen LogP contribution < -0.4 is 10.6 Å². The summed E-state index contributed by atoms with van der Waals surface area (Å²) in [5.41, 5.74) is 2.66. The van der Waals surface area contributed by atoms with Crippen molar-refractivity contribution in [2.75, 3.05) is 10.6 Å². The fraction of sp³-hybridized carbons (Fsp3) is 0.118. The summed E-state index contributed by atoms with van der Waals surface area (Å²) in [6.45, 7) is 2.11. The van der Waals surface area contributed by atoms with Gasteiger partial charge in [0.15, 0.2) is 0 Å². The highest BCUT2D eigenvalue weighted by Crippen LogP contribution is 2.20. The van der Waals surface area contributed by atoms with Crippen molar-refractivity contribution in [2.45, 2.75) is 13.5 Å².